The number of pyridine rings is 1. The molecule has 6 heterocycles. The van der Waals surface area contributed by atoms with Gasteiger partial charge in [-0.05, 0) is 95.6 Å². The first kappa shape index (κ1) is 20.4. The van der Waals surface area contributed by atoms with Gasteiger partial charge in [-0.2, -0.15) is 0 Å². The number of nitrogens with zero attached hydrogens (tertiary/aromatic N) is 3. The van der Waals surface area contributed by atoms with E-state index in [-0.39, 0.29) is 0 Å². The van der Waals surface area contributed by atoms with Crippen LogP contribution in [0.5, 0.6) is 0 Å². The number of hydrogen-bond donors (Lipinski definition) is 2. The maximum Gasteiger partial charge on any atom is 0.0659 e. The molecule has 36 heavy (non-hydrogen) atoms. The number of hydrogen-bond acceptors (Lipinski definition) is 3. The topological polar surface area (TPSA) is 70.2 Å². The molecular formula is C31H21N5. The molecule has 8 bridgehead atoms. The van der Waals surface area contributed by atoms with Crippen LogP contribution in [0.3, 0.4) is 0 Å². The van der Waals surface area contributed by atoms with Crippen LogP contribution < -0.4 is 0 Å². The highest BCUT2D eigenvalue weighted by molar-refractivity contribution is 5.94. The maximum absolute atomic E-state index is 4.83. The summed E-state index contributed by atoms with van der Waals surface area (Å²) < 4.78 is 0. The second-order valence-electron chi connectivity index (χ2n) is 8.87. The van der Waals surface area contributed by atoms with Gasteiger partial charge in [0, 0.05) is 40.0 Å². The van der Waals surface area contributed by atoms with Crippen molar-refractivity contribution in [2.45, 2.75) is 0 Å². The minimum absolute atomic E-state index is 0.886. The van der Waals surface area contributed by atoms with Crippen molar-refractivity contribution >= 4 is 46.4 Å². The number of benzene rings is 1. The molecule has 0 saturated heterocycles. The van der Waals surface area contributed by atoms with Crippen molar-refractivity contribution in [3.05, 3.63) is 114 Å². The lowest BCUT2D eigenvalue weighted by Gasteiger charge is -2.08. The Morgan fingerprint density at radius 3 is 1.86 bits per heavy atom. The zero-order valence-corrected chi connectivity index (χ0v) is 19.3. The lowest BCUT2D eigenvalue weighted by molar-refractivity contribution is 1.28. The summed E-state index contributed by atoms with van der Waals surface area (Å²) in [6, 6.07) is 27.2. The fraction of sp³-hybridized carbons (Fsp3) is 0. The first-order valence-corrected chi connectivity index (χ1v) is 11.9. The quantitative estimate of drug-likeness (QED) is 0.281. The normalized spacial score (nSPS) is 12.2. The minimum atomic E-state index is 0.886. The SMILES string of the molecule is C1=Cc2cc3ccc(cc4cc(-c5ccccc5-c5ccncc5)c(cc5nc(cc1n2)C=C5)[nH]4)[nH]3. The molecule has 2 aliphatic rings. The van der Waals surface area contributed by atoms with Crippen molar-refractivity contribution in [2.75, 3.05) is 0 Å². The predicted molar refractivity (Wildman–Crippen MR) is 148 cm³/mol. The second-order valence-corrected chi connectivity index (χ2v) is 8.87. The summed E-state index contributed by atoms with van der Waals surface area (Å²) in [4.78, 5) is 20.8. The lowest BCUT2D eigenvalue weighted by atomic mass is 9.95. The molecule has 7 rings (SSSR count). The van der Waals surface area contributed by atoms with Gasteiger partial charge >= 0.3 is 0 Å². The van der Waals surface area contributed by atoms with Crippen LogP contribution in [0.25, 0.3) is 68.6 Å². The van der Waals surface area contributed by atoms with Crippen LogP contribution in [-0.2, 0) is 0 Å². The molecular weight excluding hydrogens is 442 g/mol. The summed E-state index contributed by atoms with van der Waals surface area (Å²) in [6.45, 7) is 0. The summed E-state index contributed by atoms with van der Waals surface area (Å²) in [5, 5.41) is 0. The second kappa shape index (κ2) is 8.32. The van der Waals surface area contributed by atoms with Gasteiger partial charge in [-0.25, -0.2) is 9.97 Å². The molecule has 0 unspecified atom stereocenters. The van der Waals surface area contributed by atoms with Crippen LogP contribution in [0.4, 0.5) is 0 Å². The Kier molecular flexibility index (Phi) is 4.71. The average molecular weight is 464 g/mol. The molecule has 4 aromatic heterocycles. The van der Waals surface area contributed by atoms with E-state index >= 15 is 0 Å². The number of fused-ring (bicyclic) bond motifs is 8. The Labute approximate surface area is 207 Å². The number of aromatic amines is 2. The molecule has 170 valence electrons. The Morgan fingerprint density at radius 1 is 0.472 bits per heavy atom. The van der Waals surface area contributed by atoms with E-state index in [9.17, 15) is 0 Å². The lowest BCUT2D eigenvalue weighted by Crippen LogP contribution is -1.84. The van der Waals surface area contributed by atoms with Crippen molar-refractivity contribution < 1.29 is 0 Å². The molecule has 5 heteroatoms. The fourth-order valence-electron chi connectivity index (χ4n) is 4.74. The highest BCUT2D eigenvalue weighted by Gasteiger charge is 2.11. The summed E-state index contributed by atoms with van der Waals surface area (Å²) in [6.07, 6.45) is 11.8. The predicted octanol–water partition coefficient (Wildman–Crippen LogP) is 7.38. The Morgan fingerprint density at radius 2 is 1.11 bits per heavy atom. The highest BCUT2D eigenvalue weighted by atomic mass is 14.8. The minimum Gasteiger partial charge on any atom is -0.355 e. The summed E-state index contributed by atoms with van der Waals surface area (Å²) >= 11 is 0. The molecule has 2 N–H and O–H groups in total. The average Bonchev–Trinajstić information content (AvgIpc) is 3.70. The molecule has 1 aromatic carbocycles. The van der Waals surface area contributed by atoms with Crippen molar-refractivity contribution in [3.8, 4) is 22.3 Å². The van der Waals surface area contributed by atoms with Crippen LogP contribution in [0.1, 0.15) is 22.8 Å². The maximum atomic E-state index is 4.83. The first-order chi connectivity index (χ1) is 17.8. The molecule has 2 aliphatic heterocycles. The van der Waals surface area contributed by atoms with Gasteiger partial charge in [0.2, 0.25) is 0 Å². The monoisotopic (exact) mass is 463 g/mol. The van der Waals surface area contributed by atoms with E-state index in [1.807, 2.05) is 54.9 Å². The van der Waals surface area contributed by atoms with Crippen molar-refractivity contribution in [3.63, 3.8) is 0 Å². The molecule has 5 nitrogen and oxygen atoms in total. The van der Waals surface area contributed by atoms with Crippen LogP contribution in [0, 0.1) is 0 Å². The van der Waals surface area contributed by atoms with Crippen LogP contribution in [0.15, 0.2) is 91.3 Å². The van der Waals surface area contributed by atoms with E-state index in [2.05, 4.69) is 75.6 Å². The van der Waals surface area contributed by atoms with Crippen LogP contribution in [-0.4, -0.2) is 24.9 Å². The number of aromatic nitrogens is 5. The Balaban J connectivity index is 1.53. The van der Waals surface area contributed by atoms with Gasteiger partial charge in [0.1, 0.15) is 0 Å². The van der Waals surface area contributed by atoms with E-state index in [4.69, 9.17) is 9.97 Å². The zero-order valence-electron chi connectivity index (χ0n) is 19.3. The third-order valence-corrected chi connectivity index (χ3v) is 6.38. The van der Waals surface area contributed by atoms with Gasteiger partial charge in [-0.15, -0.1) is 0 Å². The largest absolute Gasteiger partial charge is 0.355 e. The van der Waals surface area contributed by atoms with Gasteiger partial charge in [-0.1, -0.05) is 24.3 Å². The van der Waals surface area contributed by atoms with Crippen LogP contribution in [0.2, 0.25) is 0 Å². The van der Waals surface area contributed by atoms with Gasteiger partial charge in [0.05, 0.1) is 22.8 Å². The van der Waals surface area contributed by atoms with Crippen LogP contribution >= 0.6 is 0 Å². The van der Waals surface area contributed by atoms with Gasteiger partial charge in [0.15, 0.2) is 0 Å². The van der Waals surface area contributed by atoms with Crippen molar-refractivity contribution in [1.29, 1.82) is 0 Å². The summed E-state index contributed by atoms with van der Waals surface area (Å²) in [5.41, 5.74) is 12.2. The molecule has 0 radical (unpaired) electrons. The third kappa shape index (κ3) is 3.83. The van der Waals surface area contributed by atoms with E-state index in [1.54, 1.807) is 0 Å². The number of nitrogens with one attached hydrogen (secondary N) is 2. The van der Waals surface area contributed by atoms with Crippen molar-refractivity contribution in [1.82, 2.24) is 24.9 Å². The molecule has 5 aromatic rings. The first-order valence-electron chi connectivity index (χ1n) is 11.9. The number of H-pyrrole nitrogens is 2. The molecule has 0 atom stereocenters. The standard InChI is InChI=1S/C31H21N5/c1-2-4-29(28(3-1)20-11-13-32-14-12-20)30-18-27-17-25-8-7-23(34-25)15-21-5-6-22(33-21)16-24-9-10-26(35-24)19-31(30)36-27/h1-19,34,36H. The van der Waals surface area contributed by atoms with Gasteiger partial charge < -0.3 is 9.97 Å². The van der Waals surface area contributed by atoms with Gasteiger partial charge in [0.25, 0.3) is 0 Å². The van der Waals surface area contributed by atoms with E-state index in [0.29, 0.717) is 0 Å². The zero-order chi connectivity index (χ0) is 23.9. The van der Waals surface area contributed by atoms with E-state index in [1.165, 1.54) is 0 Å². The molecule has 0 aliphatic carbocycles. The van der Waals surface area contributed by atoms with E-state index in [0.717, 1.165) is 67.1 Å². The molecule has 0 spiro atoms. The Hall–Kier alpha value is -5.03. The molecule has 0 amide bonds. The fourth-order valence-corrected chi connectivity index (χ4v) is 4.74. The van der Waals surface area contributed by atoms with Crippen molar-refractivity contribution in [2.24, 2.45) is 0 Å². The molecule has 0 saturated carbocycles. The summed E-state index contributed by atoms with van der Waals surface area (Å²) in [7, 11) is 0. The summed E-state index contributed by atoms with van der Waals surface area (Å²) in [5.74, 6) is 0. The van der Waals surface area contributed by atoms with E-state index < -0.39 is 0 Å². The number of rotatable bonds is 2. The molecule has 0 fully saturated rings. The smallest absolute Gasteiger partial charge is 0.0659 e. The van der Waals surface area contributed by atoms with Gasteiger partial charge in [-0.3, -0.25) is 4.98 Å². The highest BCUT2D eigenvalue weighted by Crippen LogP contribution is 2.35. The Bertz CT molecular complexity index is 1840. The third-order valence-electron chi connectivity index (χ3n) is 6.38.